The molecule has 44 heavy (non-hydrogen) atoms. The number of aryl methyl sites for hydroxylation is 1. The molecule has 0 spiro atoms. The Kier molecular flexibility index (Phi) is 15.4. The lowest BCUT2D eigenvalue weighted by Gasteiger charge is -2.39. The summed E-state index contributed by atoms with van der Waals surface area (Å²) in [6, 6.07) is 9.10. The molecule has 0 radical (unpaired) electrons. The maximum atomic E-state index is 15.2. The Balaban J connectivity index is 0.00000182. The van der Waals surface area contributed by atoms with Crippen LogP contribution in [-0.2, 0) is 5.60 Å². The summed E-state index contributed by atoms with van der Waals surface area (Å²) in [6.45, 7) is 12.5. The SMILES string of the molecule is CC.CC#N.CCC/C=C/N(CC1CC(CN(C(=O)O)c2cnc(C(C)(C)O)cn2)CCC1(F)F)c1cc(C#N)ccc1C. The quantitative estimate of drug-likeness (QED) is 0.277. The number of carboxylic acid groups (broad SMARTS) is 1. The number of alkyl halides is 2. The van der Waals surface area contributed by atoms with Gasteiger partial charge in [-0.3, -0.25) is 9.88 Å². The van der Waals surface area contributed by atoms with Gasteiger partial charge in [-0.15, -0.1) is 0 Å². The van der Waals surface area contributed by atoms with Crippen LogP contribution in [0.3, 0.4) is 0 Å². The molecule has 1 fully saturated rings. The molecule has 11 heteroatoms. The summed E-state index contributed by atoms with van der Waals surface area (Å²) >= 11 is 0. The normalized spacial score (nSPS) is 17.2. The van der Waals surface area contributed by atoms with Crippen molar-refractivity contribution in [3.05, 3.63) is 59.7 Å². The number of aliphatic hydroxyl groups is 1. The third-order valence-corrected chi connectivity index (χ3v) is 7.12. The van der Waals surface area contributed by atoms with Crippen molar-refractivity contribution >= 4 is 17.6 Å². The van der Waals surface area contributed by atoms with Crippen molar-refractivity contribution in [2.45, 2.75) is 92.1 Å². The molecule has 9 nitrogen and oxygen atoms in total. The molecule has 1 saturated carbocycles. The largest absolute Gasteiger partial charge is 0.465 e. The second-order valence-electron chi connectivity index (χ2n) is 11.0. The molecule has 0 bridgehead atoms. The van der Waals surface area contributed by atoms with Gasteiger partial charge in [-0.25, -0.2) is 18.6 Å². The van der Waals surface area contributed by atoms with E-state index in [1.807, 2.05) is 46.0 Å². The van der Waals surface area contributed by atoms with E-state index in [9.17, 15) is 20.3 Å². The minimum absolute atomic E-state index is 0.00702. The number of allylic oxidation sites excluding steroid dienone is 1. The number of aromatic nitrogens is 2. The standard InChI is InChI=1S/C29H37F2N5O3.C2H3N.C2H6/c1-5-6-7-12-35(24-14-21(15-32)9-8-20(24)2)19-23-13-22(10-11-29(23,30)31)18-36(27(37)38)26-17-33-25(16-34-26)28(3,4)39;1-2-3;1-2/h7-9,12,14,16-17,22-23,39H,5-6,10-11,13,18-19H2,1-4H3,(H,37,38);1H3;1-2H3/b12-7+;;. The van der Waals surface area contributed by atoms with Crippen molar-refractivity contribution in [1.29, 1.82) is 10.5 Å². The van der Waals surface area contributed by atoms with Gasteiger partial charge in [0.15, 0.2) is 5.82 Å². The van der Waals surface area contributed by atoms with Crippen molar-refractivity contribution in [2.75, 3.05) is 22.9 Å². The number of amides is 1. The highest BCUT2D eigenvalue weighted by molar-refractivity contribution is 5.84. The zero-order valence-electron chi connectivity index (χ0n) is 26.9. The summed E-state index contributed by atoms with van der Waals surface area (Å²) in [5.74, 6) is -4.17. The van der Waals surface area contributed by atoms with Crippen molar-refractivity contribution < 1.29 is 23.8 Å². The molecule has 2 aromatic rings. The van der Waals surface area contributed by atoms with Gasteiger partial charge in [0.2, 0.25) is 0 Å². The summed E-state index contributed by atoms with van der Waals surface area (Å²) in [7, 11) is 0. The average Bonchev–Trinajstić information content (AvgIpc) is 2.98. The van der Waals surface area contributed by atoms with E-state index in [1.165, 1.54) is 19.3 Å². The zero-order valence-corrected chi connectivity index (χ0v) is 26.9. The van der Waals surface area contributed by atoms with E-state index in [2.05, 4.69) is 16.0 Å². The van der Waals surface area contributed by atoms with Crippen LogP contribution >= 0.6 is 0 Å². The molecule has 0 aliphatic heterocycles. The Hall–Kier alpha value is -4.09. The van der Waals surface area contributed by atoms with Crippen LogP contribution in [0.4, 0.5) is 25.1 Å². The molecule has 1 amide bonds. The lowest BCUT2D eigenvalue weighted by atomic mass is 9.78. The van der Waals surface area contributed by atoms with E-state index in [0.29, 0.717) is 16.9 Å². The second kappa shape index (κ2) is 17.9. The van der Waals surface area contributed by atoms with E-state index in [4.69, 9.17) is 5.26 Å². The number of rotatable bonds is 10. The van der Waals surface area contributed by atoms with Gasteiger partial charge in [0.25, 0.3) is 5.92 Å². The van der Waals surface area contributed by atoms with Gasteiger partial charge < -0.3 is 15.1 Å². The van der Waals surface area contributed by atoms with Gasteiger partial charge in [-0.2, -0.15) is 10.5 Å². The van der Waals surface area contributed by atoms with Gasteiger partial charge in [-0.1, -0.05) is 39.3 Å². The first-order valence-electron chi connectivity index (χ1n) is 14.9. The highest BCUT2D eigenvalue weighted by Gasteiger charge is 2.45. The number of hydrogen-bond acceptors (Lipinski definition) is 7. The first-order chi connectivity index (χ1) is 20.8. The van der Waals surface area contributed by atoms with Crippen LogP contribution in [0.2, 0.25) is 0 Å². The molecule has 1 aromatic heterocycles. The lowest BCUT2D eigenvalue weighted by Crippen LogP contribution is -2.45. The molecule has 2 atom stereocenters. The highest BCUT2D eigenvalue weighted by atomic mass is 19.3. The second-order valence-corrected chi connectivity index (χ2v) is 11.0. The molecule has 2 N–H and O–H groups in total. The highest BCUT2D eigenvalue weighted by Crippen LogP contribution is 2.43. The van der Waals surface area contributed by atoms with Crippen LogP contribution in [0.5, 0.6) is 0 Å². The Morgan fingerprint density at radius 3 is 2.39 bits per heavy atom. The van der Waals surface area contributed by atoms with Crippen LogP contribution in [-0.4, -0.2) is 45.3 Å². The number of carbonyl (C=O) groups is 1. The summed E-state index contributed by atoms with van der Waals surface area (Å²) in [4.78, 5) is 23.2. The van der Waals surface area contributed by atoms with Crippen molar-refractivity contribution in [2.24, 2.45) is 11.8 Å². The minimum atomic E-state index is -2.92. The summed E-state index contributed by atoms with van der Waals surface area (Å²) in [6.07, 6.45) is 6.77. The van der Waals surface area contributed by atoms with Crippen LogP contribution < -0.4 is 9.80 Å². The molecule has 1 heterocycles. The number of halogens is 2. The monoisotopic (exact) mass is 612 g/mol. The fraction of sp³-hybridized carbons (Fsp3) is 0.545. The maximum Gasteiger partial charge on any atom is 0.413 e. The van der Waals surface area contributed by atoms with Crippen LogP contribution in [0.1, 0.15) is 90.5 Å². The van der Waals surface area contributed by atoms with E-state index in [1.54, 1.807) is 36.9 Å². The third-order valence-electron chi connectivity index (χ3n) is 7.12. The van der Waals surface area contributed by atoms with E-state index in [0.717, 1.165) is 23.3 Å². The molecular weight excluding hydrogens is 566 g/mol. The topological polar surface area (TPSA) is 137 Å². The molecule has 1 aliphatic rings. The van der Waals surface area contributed by atoms with Crippen LogP contribution in [0.25, 0.3) is 0 Å². The Bertz CT molecular complexity index is 1300. The van der Waals surface area contributed by atoms with Gasteiger partial charge in [0, 0.05) is 44.2 Å². The molecule has 1 aliphatic carbocycles. The predicted molar refractivity (Wildman–Crippen MR) is 168 cm³/mol. The lowest BCUT2D eigenvalue weighted by molar-refractivity contribution is -0.0930. The number of anilines is 2. The third kappa shape index (κ3) is 11.2. The summed E-state index contributed by atoms with van der Waals surface area (Å²) in [5.41, 5.74) is 1.08. The average molecular weight is 613 g/mol. The van der Waals surface area contributed by atoms with Gasteiger partial charge in [-0.05, 0) is 63.6 Å². The Morgan fingerprint density at radius 2 is 1.86 bits per heavy atom. The Morgan fingerprint density at radius 1 is 1.20 bits per heavy atom. The van der Waals surface area contributed by atoms with Crippen molar-refractivity contribution in [1.82, 2.24) is 9.97 Å². The van der Waals surface area contributed by atoms with E-state index < -0.39 is 23.5 Å². The minimum Gasteiger partial charge on any atom is -0.465 e. The number of nitriles is 2. The number of nitrogens with zero attached hydrogens (tertiary/aromatic N) is 6. The molecular formula is C33H46F2N6O3. The molecule has 2 unspecified atom stereocenters. The molecule has 0 saturated heterocycles. The first-order valence-corrected chi connectivity index (χ1v) is 14.9. The maximum absolute atomic E-state index is 15.2. The molecule has 1 aromatic carbocycles. The van der Waals surface area contributed by atoms with Crippen molar-refractivity contribution in [3.63, 3.8) is 0 Å². The Labute approximate surface area is 260 Å². The fourth-order valence-electron chi connectivity index (χ4n) is 4.81. The predicted octanol–water partition coefficient (Wildman–Crippen LogP) is 7.80. The fourth-order valence-corrected chi connectivity index (χ4v) is 4.81. The first kappa shape index (κ1) is 37.9. The van der Waals surface area contributed by atoms with Gasteiger partial charge in [0.05, 0.1) is 35.8 Å². The van der Waals surface area contributed by atoms with Gasteiger partial charge >= 0.3 is 6.09 Å². The van der Waals surface area contributed by atoms with Crippen molar-refractivity contribution in [3.8, 4) is 12.1 Å². The molecule has 3 rings (SSSR count). The summed E-state index contributed by atoms with van der Waals surface area (Å²) in [5, 5.41) is 36.7. The number of hydrogen-bond donors (Lipinski definition) is 2. The van der Waals surface area contributed by atoms with Gasteiger partial charge in [0.1, 0.15) is 5.60 Å². The number of benzene rings is 1. The van der Waals surface area contributed by atoms with E-state index in [-0.39, 0.29) is 44.1 Å². The summed E-state index contributed by atoms with van der Waals surface area (Å²) < 4.78 is 30.5. The smallest absolute Gasteiger partial charge is 0.413 e. The van der Waals surface area contributed by atoms with E-state index >= 15 is 8.78 Å². The number of unbranched alkanes of at least 4 members (excludes halogenated alkanes) is 1. The zero-order chi connectivity index (χ0) is 33.5. The van der Waals surface area contributed by atoms with Crippen LogP contribution in [0.15, 0.2) is 42.9 Å². The molecule has 240 valence electrons. The van der Waals surface area contributed by atoms with Crippen LogP contribution in [0, 0.1) is 41.4 Å².